The van der Waals surface area contributed by atoms with Crippen LogP contribution in [-0.2, 0) is 0 Å². The summed E-state index contributed by atoms with van der Waals surface area (Å²) >= 11 is 0. The molecule has 0 heterocycles. The fraction of sp³-hybridized carbons (Fsp3) is 0.818. The highest BCUT2D eigenvalue weighted by molar-refractivity contribution is 5.25. The minimum Gasteiger partial charge on any atom is -0.394 e. The molecule has 0 fully saturated rings. The maximum Gasteiger partial charge on any atom is 0.0770 e. The zero-order chi connectivity index (χ0) is 17.7. The fourth-order valence-corrected chi connectivity index (χ4v) is 2.60. The first-order valence-electron chi connectivity index (χ1n) is 10.1. The first-order valence-corrected chi connectivity index (χ1v) is 10.1. The molecule has 0 aromatic rings. The van der Waals surface area contributed by atoms with E-state index < -0.39 is 6.10 Å². The Morgan fingerprint density at radius 3 is 1.62 bits per heavy atom. The van der Waals surface area contributed by atoms with Crippen molar-refractivity contribution >= 4 is 0 Å². The second-order valence-electron chi connectivity index (χ2n) is 6.62. The van der Waals surface area contributed by atoms with Crippen LogP contribution >= 0.6 is 0 Å². The van der Waals surface area contributed by atoms with Crippen LogP contribution in [0.25, 0.3) is 0 Å². The summed E-state index contributed by atoms with van der Waals surface area (Å²) in [5, 5.41) is 17.9. The van der Waals surface area contributed by atoms with Crippen LogP contribution in [0.15, 0.2) is 0 Å². The van der Waals surface area contributed by atoms with Crippen molar-refractivity contribution in [2.45, 2.75) is 109 Å². The summed E-state index contributed by atoms with van der Waals surface area (Å²) in [7, 11) is 0. The first kappa shape index (κ1) is 23.0. The molecular weight excluding hydrogens is 296 g/mol. The molecule has 0 radical (unpaired) electrons. The predicted octanol–water partition coefficient (Wildman–Crippen LogP) is 5.22. The molecule has 0 aromatic carbocycles. The molecule has 2 N–H and O–H groups in total. The average molecular weight is 335 g/mol. The van der Waals surface area contributed by atoms with Gasteiger partial charge in [-0.05, 0) is 31.1 Å². The van der Waals surface area contributed by atoms with Crippen LogP contribution in [-0.4, -0.2) is 22.9 Å². The molecule has 0 amide bonds. The molecule has 1 atom stereocenters. The number of aliphatic hydroxyl groups excluding tert-OH is 2. The van der Waals surface area contributed by atoms with Crippen molar-refractivity contribution in [2.75, 3.05) is 6.61 Å². The van der Waals surface area contributed by atoms with Crippen LogP contribution in [0.5, 0.6) is 0 Å². The second kappa shape index (κ2) is 20.1. The van der Waals surface area contributed by atoms with Gasteiger partial charge >= 0.3 is 0 Å². The van der Waals surface area contributed by atoms with Crippen molar-refractivity contribution in [3.8, 4) is 23.7 Å². The predicted molar refractivity (Wildman–Crippen MR) is 104 cm³/mol. The monoisotopic (exact) mass is 334 g/mol. The lowest BCUT2D eigenvalue weighted by Gasteiger charge is -2.05. The Labute approximate surface area is 150 Å². The topological polar surface area (TPSA) is 40.5 Å². The first-order chi connectivity index (χ1) is 11.8. The third-order valence-electron chi connectivity index (χ3n) is 4.19. The molecule has 24 heavy (non-hydrogen) atoms. The quantitative estimate of drug-likeness (QED) is 0.318. The largest absolute Gasteiger partial charge is 0.394 e. The minimum absolute atomic E-state index is 0.115. The molecule has 138 valence electrons. The van der Waals surface area contributed by atoms with E-state index in [1.165, 1.54) is 57.8 Å². The van der Waals surface area contributed by atoms with Gasteiger partial charge in [0.05, 0.1) is 12.7 Å². The lowest BCUT2D eigenvalue weighted by Crippen LogP contribution is -2.10. The van der Waals surface area contributed by atoms with E-state index in [0.29, 0.717) is 6.42 Å². The van der Waals surface area contributed by atoms with Crippen LogP contribution in [0, 0.1) is 23.7 Å². The molecule has 0 aliphatic rings. The van der Waals surface area contributed by atoms with Gasteiger partial charge in [-0.3, -0.25) is 0 Å². The van der Waals surface area contributed by atoms with Gasteiger partial charge in [0.1, 0.15) is 0 Å². The van der Waals surface area contributed by atoms with E-state index in [1.54, 1.807) is 0 Å². The summed E-state index contributed by atoms with van der Waals surface area (Å²) in [4.78, 5) is 0. The number of hydrogen-bond acceptors (Lipinski definition) is 2. The van der Waals surface area contributed by atoms with E-state index in [0.717, 1.165) is 32.1 Å². The van der Waals surface area contributed by atoms with E-state index in [2.05, 4.69) is 30.6 Å². The van der Waals surface area contributed by atoms with Crippen LogP contribution in [0.3, 0.4) is 0 Å². The van der Waals surface area contributed by atoms with Crippen LogP contribution in [0.2, 0.25) is 0 Å². The summed E-state index contributed by atoms with van der Waals surface area (Å²) < 4.78 is 0. The van der Waals surface area contributed by atoms with Gasteiger partial charge in [0, 0.05) is 12.8 Å². The van der Waals surface area contributed by atoms with Crippen LogP contribution < -0.4 is 0 Å². The molecule has 2 heteroatoms. The highest BCUT2D eigenvalue weighted by Crippen LogP contribution is 2.09. The van der Waals surface area contributed by atoms with Gasteiger partial charge in [-0.25, -0.2) is 0 Å². The molecule has 0 aliphatic carbocycles. The zero-order valence-corrected chi connectivity index (χ0v) is 15.8. The summed E-state index contributed by atoms with van der Waals surface area (Å²) in [6, 6.07) is 0. The smallest absolute Gasteiger partial charge is 0.0770 e. The molecule has 0 bridgehead atoms. The summed E-state index contributed by atoms with van der Waals surface area (Å²) in [5.41, 5.74) is 0. The van der Waals surface area contributed by atoms with E-state index in [-0.39, 0.29) is 6.61 Å². The molecular formula is C22H38O2. The molecule has 0 saturated carbocycles. The standard InChI is InChI=1S/C22H38O2/c1-2-3-4-5-6-7-8-9-10-11-12-13-14-15-16-17-18-19-20-22(24)21-23/h22-24H,2-9,14-21H2,1H3. The maximum absolute atomic E-state index is 9.21. The molecule has 2 nitrogen and oxygen atoms in total. The van der Waals surface area contributed by atoms with E-state index in [9.17, 15) is 5.11 Å². The van der Waals surface area contributed by atoms with Gasteiger partial charge in [0.25, 0.3) is 0 Å². The van der Waals surface area contributed by atoms with Gasteiger partial charge in [-0.2, -0.15) is 0 Å². The van der Waals surface area contributed by atoms with Gasteiger partial charge in [0.15, 0.2) is 0 Å². The molecule has 1 unspecified atom stereocenters. The second-order valence-corrected chi connectivity index (χ2v) is 6.62. The Morgan fingerprint density at radius 2 is 1.12 bits per heavy atom. The van der Waals surface area contributed by atoms with Crippen LogP contribution in [0.1, 0.15) is 103 Å². The van der Waals surface area contributed by atoms with E-state index in [4.69, 9.17) is 5.11 Å². The average Bonchev–Trinajstić information content (AvgIpc) is 2.60. The Kier molecular flexibility index (Phi) is 19.3. The number of unbranched alkanes of at least 4 members (excludes halogenated alkanes) is 12. The molecule has 0 rings (SSSR count). The molecule has 0 saturated heterocycles. The Bertz CT molecular complexity index is 367. The van der Waals surface area contributed by atoms with Crippen LogP contribution in [0.4, 0.5) is 0 Å². The van der Waals surface area contributed by atoms with Gasteiger partial charge in [-0.1, -0.05) is 83.0 Å². The summed E-state index contributed by atoms with van der Waals surface area (Å²) in [6.07, 6.45) is 17.1. The Balaban J connectivity index is 3.28. The fourth-order valence-electron chi connectivity index (χ4n) is 2.60. The van der Waals surface area contributed by atoms with E-state index >= 15 is 0 Å². The summed E-state index contributed by atoms with van der Waals surface area (Å²) in [5.74, 6) is 12.2. The highest BCUT2D eigenvalue weighted by Gasteiger charge is 2.00. The highest BCUT2D eigenvalue weighted by atomic mass is 16.3. The van der Waals surface area contributed by atoms with Gasteiger partial charge in [0.2, 0.25) is 0 Å². The summed E-state index contributed by atoms with van der Waals surface area (Å²) in [6.45, 7) is 2.14. The third-order valence-corrected chi connectivity index (χ3v) is 4.19. The van der Waals surface area contributed by atoms with Crippen molar-refractivity contribution in [2.24, 2.45) is 0 Å². The third kappa shape index (κ3) is 19.1. The van der Waals surface area contributed by atoms with E-state index in [1.807, 2.05) is 0 Å². The Hall–Kier alpha value is -0.960. The lowest BCUT2D eigenvalue weighted by molar-refractivity contribution is 0.0860. The van der Waals surface area contributed by atoms with Crippen molar-refractivity contribution in [3.63, 3.8) is 0 Å². The van der Waals surface area contributed by atoms with Gasteiger partial charge < -0.3 is 10.2 Å². The number of rotatable bonds is 15. The van der Waals surface area contributed by atoms with Crippen molar-refractivity contribution in [3.05, 3.63) is 0 Å². The maximum atomic E-state index is 9.21. The zero-order valence-electron chi connectivity index (χ0n) is 15.8. The number of aliphatic hydroxyl groups is 2. The number of hydrogen-bond donors (Lipinski definition) is 2. The van der Waals surface area contributed by atoms with Crippen molar-refractivity contribution < 1.29 is 10.2 Å². The molecule has 0 aliphatic heterocycles. The minimum atomic E-state index is -0.532. The molecule has 0 aromatic heterocycles. The molecule has 0 spiro atoms. The lowest BCUT2D eigenvalue weighted by atomic mass is 10.1. The van der Waals surface area contributed by atoms with Crippen molar-refractivity contribution in [1.82, 2.24) is 0 Å². The Morgan fingerprint density at radius 1 is 0.667 bits per heavy atom. The SMILES string of the molecule is CCCCCCCCCC#CC#CCCCCCCCC(O)CO. The normalized spacial score (nSPS) is 11.3. The van der Waals surface area contributed by atoms with Crippen molar-refractivity contribution in [1.29, 1.82) is 0 Å². The van der Waals surface area contributed by atoms with Gasteiger partial charge in [-0.15, -0.1) is 0 Å².